The first-order valence-electron chi connectivity index (χ1n) is 7.30. The van der Waals surface area contributed by atoms with Crippen molar-refractivity contribution in [1.29, 1.82) is 0 Å². The van der Waals surface area contributed by atoms with Gasteiger partial charge < -0.3 is 4.74 Å². The van der Waals surface area contributed by atoms with Gasteiger partial charge >= 0.3 is 12.1 Å². The van der Waals surface area contributed by atoms with E-state index in [4.69, 9.17) is 4.74 Å². The van der Waals surface area contributed by atoms with Crippen molar-refractivity contribution in [1.82, 2.24) is 0 Å². The normalized spacial score (nSPS) is 28.6. The summed E-state index contributed by atoms with van der Waals surface area (Å²) < 4.78 is 46.6. The van der Waals surface area contributed by atoms with Crippen LogP contribution in [0.15, 0.2) is 30.3 Å². The van der Waals surface area contributed by atoms with Gasteiger partial charge in [0.15, 0.2) is 0 Å². The van der Waals surface area contributed by atoms with Gasteiger partial charge in [0, 0.05) is 5.56 Å². The zero-order valence-corrected chi connectivity index (χ0v) is 11.6. The number of halogens is 3. The summed E-state index contributed by atoms with van der Waals surface area (Å²) in [7, 11) is 0. The lowest BCUT2D eigenvalue weighted by Crippen LogP contribution is -2.70. The maximum Gasteiger partial charge on any atom is 0.433 e. The Morgan fingerprint density at radius 1 is 0.952 bits per heavy atom. The van der Waals surface area contributed by atoms with Crippen molar-refractivity contribution >= 4 is 5.97 Å². The van der Waals surface area contributed by atoms with Crippen LogP contribution >= 0.6 is 0 Å². The zero-order valence-electron chi connectivity index (χ0n) is 11.6. The fourth-order valence-electron chi connectivity index (χ4n) is 3.82. The van der Waals surface area contributed by atoms with Crippen molar-refractivity contribution in [3.05, 3.63) is 35.9 Å². The lowest BCUT2D eigenvalue weighted by Gasteiger charge is -2.56. The van der Waals surface area contributed by atoms with Gasteiger partial charge in [-0.25, -0.2) is 0 Å². The van der Waals surface area contributed by atoms with E-state index in [2.05, 4.69) is 0 Å². The van der Waals surface area contributed by atoms with E-state index in [1.54, 1.807) is 18.2 Å². The highest BCUT2D eigenvalue weighted by Crippen LogP contribution is 2.65. The number of ether oxygens (including phenoxy) is 1. The standard InChI is InChI=1S/C16H17F3O2/c17-16(18,19)15(12-8-4-3-5-9-12)14(13(20)21-15)10-6-1-2-7-11-14/h3-5,8-9H,1-2,6-7,10-11H2. The Kier molecular flexibility index (Phi) is 3.26. The number of hydrogen-bond acceptors (Lipinski definition) is 2. The second-order valence-corrected chi connectivity index (χ2v) is 5.93. The van der Waals surface area contributed by atoms with Gasteiger partial charge in [-0.2, -0.15) is 13.2 Å². The summed E-state index contributed by atoms with van der Waals surface area (Å²) in [5, 5.41) is 0. The van der Waals surface area contributed by atoms with Crippen LogP contribution in [0.4, 0.5) is 13.2 Å². The molecule has 1 aromatic rings. The van der Waals surface area contributed by atoms with Crippen molar-refractivity contribution in [2.24, 2.45) is 5.41 Å². The number of rotatable bonds is 1. The SMILES string of the molecule is O=C1OC(c2ccccc2)(C(F)(F)F)C12CCCCCC2. The van der Waals surface area contributed by atoms with E-state index < -0.39 is 23.2 Å². The fraction of sp³-hybridized carbons (Fsp3) is 0.562. The molecule has 2 fully saturated rings. The Labute approximate surface area is 121 Å². The first-order valence-corrected chi connectivity index (χ1v) is 7.30. The zero-order chi connectivity index (χ0) is 15.1. The summed E-state index contributed by atoms with van der Waals surface area (Å²) in [4.78, 5) is 12.1. The second kappa shape index (κ2) is 4.75. The molecule has 1 spiro atoms. The van der Waals surface area contributed by atoms with E-state index in [1.807, 2.05) is 0 Å². The molecule has 21 heavy (non-hydrogen) atoms. The molecular weight excluding hydrogens is 281 g/mol. The van der Waals surface area contributed by atoms with Crippen LogP contribution in [0.3, 0.4) is 0 Å². The topological polar surface area (TPSA) is 26.3 Å². The molecule has 1 atom stereocenters. The van der Waals surface area contributed by atoms with Gasteiger partial charge in [0.1, 0.15) is 5.41 Å². The van der Waals surface area contributed by atoms with Crippen LogP contribution in [0, 0.1) is 5.41 Å². The van der Waals surface area contributed by atoms with Crippen LogP contribution < -0.4 is 0 Å². The molecule has 0 aromatic heterocycles. The molecule has 114 valence electrons. The van der Waals surface area contributed by atoms with E-state index in [0.29, 0.717) is 12.8 Å². The molecule has 1 aliphatic heterocycles. The van der Waals surface area contributed by atoms with E-state index >= 15 is 0 Å². The molecule has 1 unspecified atom stereocenters. The van der Waals surface area contributed by atoms with E-state index in [0.717, 1.165) is 12.8 Å². The molecule has 1 saturated carbocycles. The van der Waals surface area contributed by atoms with Crippen molar-refractivity contribution in [3.8, 4) is 0 Å². The van der Waals surface area contributed by atoms with Crippen molar-refractivity contribution in [3.63, 3.8) is 0 Å². The van der Waals surface area contributed by atoms with E-state index in [9.17, 15) is 18.0 Å². The lowest BCUT2D eigenvalue weighted by molar-refractivity contribution is -0.361. The molecule has 2 aliphatic rings. The first kappa shape index (κ1) is 14.4. The Balaban J connectivity index is 2.15. The number of hydrogen-bond donors (Lipinski definition) is 0. The number of alkyl halides is 3. The third kappa shape index (κ3) is 1.82. The van der Waals surface area contributed by atoms with Gasteiger partial charge in [0.25, 0.3) is 0 Å². The molecule has 5 heteroatoms. The number of carbonyl (C=O) groups is 1. The van der Waals surface area contributed by atoms with Crippen LogP contribution in [0.25, 0.3) is 0 Å². The highest BCUT2D eigenvalue weighted by Gasteiger charge is 2.80. The minimum absolute atomic E-state index is 0.0407. The average Bonchev–Trinajstić information content (AvgIpc) is 2.72. The summed E-state index contributed by atoms with van der Waals surface area (Å²) in [6, 6.07) is 7.59. The van der Waals surface area contributed by atoms with Gasteiger partial charge in [-0.3, -0.25) is 4.79 Å². The van der Waals surface area contributed by atoms with Crippen molar-refractivity contribution in [2.45, 2.75) is 50.3 Å². The summed E-state index contributed by atoms with van der Waals surface area (Å²) >= 11 is 0. The van der Waals surface area contributed by atoms with Gasteiger partial charge in [0.2, 0.25) is 5.60 Å². The van der Waals surface area contributed by atoms with Crippen LogP contribution in [-0.2, 0) is 15.1 Å². The van der Waals surface area contributed by atoms with Crippen LogP contribution in [0.5, 0.6) is 0 Å². The molecule has 1 heterocycles. The summed E-state index contributed by atoms with van der Waals surface area (Å²) in [6.45, 7) is 0. The summed E-state index contributed by atoms with van der Waals surface area (Å²) in [5.74, 6) is -0.689. The maximum atomic E-state index is 13.9. The van der Waals surface area contributed by atoms with E-state index in [1.165, 1.54) is 12.1 Å². The second-order valence-electron chi connectivity index (χ2n) is 5.93. The summed E-state index contributed by atoms with van der Waals surface area (Å²) in [6.07, 6.45) is -1.08. The number of benzene rings is 1. The van der Waals surface area contributed by atoms with Gasteiger partial charge in [-0.05, 0) is 12.8 Å². The number of carbonyl (C=O) groups excluding carboxylic acids is 1. The summed E-state index contributed by atoms with van der Waals surface area (Å²) in [5.41, 5.74) is -3.87. The average molecular weight is 298 g/mol. The minimum Gasteiger partial charge on any atom is -0.443 e. The minimum atomic E-state index is -4.60. The Hall–Kier alpha value is -1.52. The predicted molar refractivity (Wildman–Crippen MR) is 70.4 cm³/mol. The molecule has 0 radical (unpaired) electrons. The predicted octanol–water partition coefficient (Wildman–Crippen LogP) is 4.34. The third-order valence-corrected chi connectivity index (χ3v) is 4.85. The van der Waals surface area contributed by atoms with Crippen molar-refractivity contribution in [2.75, 3.05) is 0 Å². The quantitative estimate of drug-likeness (QED) is 0.721. The van der Waals surface area contributed by atoms with Crippen LogP contribution in [-0.4, -0.2) is 12.1 Å². The third-order valence-electron chi connectivity index (χ3n) is 4.85. The molecule has 1 aromatic carbocycles. The molecule has 1 aliphatic carbocycles. The molecule has 0 bridgehead atoms. The molecular formula is C16H17F3O2. The van der Waals surface area contributed by atoms with Gasteiger partial charge in [-0.1, -0.05) is 56.0 Å². The molecule has 2 nitrogen and oxygen atoms in total. The maximum absolute atomic E-state index is 13.9. The monoisotopic (exact) mass is 298 g/mol. The Morgan fingerprint density at radius 3 is 2.00 bits per heavy atom. The van der Waals surface area contributed by atoms with Crippen molar-refractivity contribution < 1.29 is 22.7 Å². The fourth-order valence-corrected chi connectivity index (χ4v) is 3.82. The Bertz CT molecular complexity index is 530. The van der Waals surface area contributed by atoms with Gasteiger partial charge in [-0.15, -0.1) is 0 Å². The lowest BCUT2D eigenvalue weighted by atomic mass is 9.59. The van der Waals surface area contributed by atoms with E-state index in [-0.39, 0.29) is 18.4 Å². The number of cyclic esters (lactones) is 1. The molecule has 0 N–H and O–H groups in total. The Morgan fingerprint density at radius 2 is 1.52 bits per heavy atom. The highest BCUT2D eigenvalue weighted by atomic mass is 19.4. The van der Waals surface area contributed by atoms with Gasteiger partial charge in [0.05, 0.1) is 0 Å². The largest absolute Gasteiger partial charge is 0.443 e. The van der Waals surface area contributed by atoms with Crippen LogP contribution in [0.2, 0.25) is 0 Å². The molecule has 0 amide bonds. The highest BCUT2D eigenvalue weighted by molar-refractivity contribution is 5.86. The smallest absolute Gasteiger partial charge is 0.433 e. The molecule has 1 saturated heterocycles. The molecule has 3 rings (SSSR count). The van der Waals surface area contributed by atoms with Crippen LogP contribution in [0.1, 0.15) is 44.1 Å². The first-order chi connectivity index (χ1) is 9.94. The number of esters is 1.